The maximum absolute atomic E-state index is 14.5. The Hall–Kier alpha value is -4.86. The maximum Gasteiger partial charge on any atom is 0.306 e. The summed E-state index contributed by atoms with van der Waals surface area (Å²) in [6, 6.07) is 3.33. The van der Waals surface area contributed by atoms with Gasteiger partial charge in [0, 0.05) is 53.7 Å². The number of carbonyl (C=O) groups is 7. The number of hydrogen-bond donors (Lipinski definition) is 4. The van der Waals surface area contributed by atoms with E-state index in [-0.39, 0.29) is 54.2 Å². The molecule has 0 bridgehead atoms. The number of nitrogens with zero attached hydrogens (tertiary/aromatic N) is 4. The number of aliphatic carboxylic acids is 1. The zero-order chi connectivity index (χ0) is 56.6. The number of carbonyl (C=O) groups excluding carboxylic acids is 6. The molecule has 3 aliphatic rings. The molecule has 1 unspecified atom stereocenters. The predicted molar refractivity (Wildman–Crippen MR) is 288 cm³/mol. The van der Waals surface area contributed by atoms with Crippen molar-refractivity contribution in [2.75, 3.05) is 61.6 Å². The predicted octanol–water partition coefficient (Wildman–Crippen LogP) is 4.23. The summed E-state index contributed by atoms with van der Waals surface area (Å²) >= 11 is 0. The van der Waals surface area contributed by atoms with E-state index >= 15 is 0 Å². The third kappa shape index (κ3) is 17.8. The smallest absolute Gasteiger partial charge is 0.306 e. The Morgan fingerprint density at radius 1 is 0.776 bits per heavy atom. The maximum atomic E-state index is 14.5. The van der Waals surface area contributed by atoms with Gasteiger partial charge in [0.2, 0.25) is 39.6 Å². The quantitative estimate of drug-likeness (QED) is 0.0761. The monoisotopic (exact) mass is 1090 g/mol. The molecule has 0 spiro atoms. The van der Waals surface area contributed by atoms with E-state index in [4.69, 9.17) is 14.2 Å². The standard InChI is InChI=1S/C55H91N7O13S/c1-13-36(6)49(60(10)54(68)47(34(2)3)57-53(67)48(35(4)5)59(8)9)44(73-11)33-46(64)62-28-17-18-43(62)50(74-12)37(7)51(65)56-42(52(66)58-76(71,72)41-24-25-41)32-38-20-22-40(23-21-38)75-31-16-14-15-19-45(63)61-29-26-39(27-30-61)55(69)70/h20-23,34-37,39,41-44,47-50H,13-19,24-33H2,1-12H3,(H,56,65)(H,57,67)(H,58,66)(H,69,70)/t36-,37+,42-,43-,44+,47-,48?,49-,50+/m0/s1. The molecule has 4 N–H and O–H groups in total. The lowest BCUT2D eigenvalue weighted by Crippen LogP contribution is -2.59. The van der Waals surface area contributed by atoms with Crippen LogP contribution >= 0.6 is 0 Å². The molecule has 3 fully saturated rings. The van der Waals surface area contributed by atoms with E-state index in [1.165, 1.54) is 14.2 Å². The third-order valence-electron chi connectivity index (χ3n) is 15.6. The molecule has 1 saturated carbocycles. The molecule has 430 valence electrons. The number of benzene rings is 1. The summed E-state index contributed by atoms with van der Waals surface area (Å²) in [7, 11) is 4.38. The molecule has 2 aliphatic heterocycles. The number of rotatable bonds is 31. The van der Waals surface area contributed by atoms with Gasteiger partial charge in [0.1, 0.15) is 17.8 Å². The fourth-order valence-electron chi connectivity index (χ4n) is 10.8. The first kappa shape index (κ1) is 63.7. The lowest BCUT2D eigenvalue weighted by atomic mass is 9.89. The molecule has 76 heavy (non-hydrogen) atoms. The van der Waals surface area contributed by atoms with Crippen LogP contribution in [0.4, 0.5) is 0 Å². The fourth-order valence-corrected chi connectivity index (χ4v) is 12.2. The molecule has 0 radical (unpaired) electrons. The highest BCUT2D eigenvalue weighted by Crippen LogP contribution is 2.31. The van der Waals surface area contributed by atoms with E-state index in [1.54, 1.807) is 52.9 Å². The number of piperidine rings is 1. The van der Waals surface area contributed by atoms with Gasteiger partial charge in [-0.3, -0.25) is 43.2 Å². The SMILES string of the molecule is CC[C@H](C)[C@@H]([C@@H](CC(=O)N1CCC[C@H]1[C@H](OC)[C@@H](C)C(=O)N[C@@H](Cc1ccc(OCCCCCC(=O)N2CCC(C(=O)O)CC2)cc1)C(=O)NS(=O)(=O)C1CC1)OC)N(C)C(=O)[C@@H](NC(=O)C(C(C)C)N(C)C)C(C)C. The van der Waals surface area contributed by atoms with Gasteiger partial charge in [-0.05, 0) is 107 Å². The van der Waals surface area contributed by atoms with Gasteiger partial charge in [-0.25, -0.2) is 8.42 Å². The summed E-state index contributed by atoms with van der Waals surface area (Å²) in [5, 5.41) is 14.4. The van der Waals surface area contributed by atoms with E-state index < -0.39 is 87.3 Å². The van der Waals surface area contributed by atoms with Crippen LogP contribution in [0.5, 0.6) is 5.75 Å². The summed E-state index contributed by atoms with van der Waals surface area (Å²) in [5.41, 5.74) is 0.635. The van der Waals surface area contributed by atoms with Gasteiger partial charge in [0.15, 0.2) is 0 Å². The summed E-state index contributed by atoms with van der Waals surface area (Å²) < 4.78 is 46.2. The Kier molecular flexibility index (Phi) is 24.9. The normalized spacial score (nSPS) is 19.5. The van der Waals surface area contributed by atoms with Crippen molar-refractivity contribution in [2.45, 2.75) is 180 Å². The zero-order valence-corrected chi connectivity index (χ0v) is 48.2. The summed E-state index contributed by atoms with van der Waals surface area (Å²) in [6.07, 6.45) is 4.56. The molecular formula is C55H91N7O13S. The van der Waals surface area contributed by atoms with Gasteiger partial charge in [0.25, 0.3) is 5.91 Å². The van der Waals surface area contributed by atoms with Gasteiger partial charge in [-0.15, -0.1) is 0 Å². The van der Waals surface area contributed by atoms with Crippen molar-refractivity contribution in [1.29, 1.82) is 0 Å². The highest BCUT2D eigenvalue weighted by atomic mass is 32.2. The Labute approximate surface area is 452 Å². The second kappa shape index (κ2) is 29.8. The lowest BCUT2D eigenvalue weighted by molar-refractivity contribution is -0.148. The molecule has 0 aromatic heterocycles. The molecule has 1 aromatic carbocycles. The molecule has 2 heterocycles. The molecule has 1 aliphatic carbocycles. The zero-order valence-electron chi connectivity index (χ0n) is 47.4. The largest absolute Gasteiger partial charge is 0.494 e. The molecule has 21 heteroatoms. The number of likely N-dealkylation sites (tertiary alicyclic amines) is 2. The van der Waals surface area contributed by atoms with Crippen molar-refractivity contribution in [3.05, 3.63) is 29.8 Å². The molecule has 4 rings (SSSR count). The average Bonchev–Trinajstić information content (AvgIpc) is 4.14. The molecule has 6 amide bonds. The highest BCUT2D eigenvalue weighted by molar-refractivity contribution is 7.90. The van der Waals surface area contributed by atoms with Gasteiger partial charge in [-0.1, -0.05) is 67.0 Å². The van der Waals surface area contributed by atoms with E-state index in [2.05, 4.69) is 15.4 Å². The number of carboxylic acids is 1. The minimum atomic E-state index is -3.96. The fraction of sp³-hybridized carbons (Fsp3) is 0.764. The molecular weight excluding hydrogens is 999 g/mol. The number of hydrogen-bond acceptors (Lipinski definition) is 13. The Morgan fingerprint density at radius 3 is 1.96 bits per heavy atom. The van der Waals surface area contributed by atoms with Crippen LogP contribution in [0.25, 0.3) is 0 Å². The first-order valence-electron chi connectivity index (χ1n) is 27.5. The van der Waals surface area contributed by atoms with Gasteiger partial charge in [0.05, 0.1) is 60.4 Å². The van der Waals surface area contributed by atoms with Crippen molar-refractivity contribution in [2.24, 2.45) is 29.6 Å². The number of sulfonamides is 1. The van der Waals surface area contributed by atoms with Crippen LogP contribution < -0.4 is 20.1 Å². The van der Waals surface area contributed by atoms with Crippen LogP contribution in [-0.4, -0.2) is 184 Å². The van der Waals surface area contributed by atoms with Gasteiger partial charge >= 0.3 is 5.97 Å². The third-order valence-corrected chi connectivity index (χ3v) is 17.5. The molecule has 9 atom stereocenters. The van der Waals surface area contributed by atoms with Gasteiger partial charge < -0.3 is 44.7 Å². The molecule has 2 saturated heterocycles. The van der Waals surface area contributed by atoms with Crippen LogP contribution in [0, 0.1) is 29.6 Å². The van der Waals surface area contributed by atoms with Gasteiger partial charge in [-0.2, -0.15) is 0 Å². The van der Waals surface area contributed by atoms with Crippen LogP contribution in [0.15, 0.2) is 24.3 Å². The van der Waals surface area contributed by atoms with E-state index in [0.29, 0.717) is 102 Å². The number of amides is 6. The van der Waals surface area contributed by atoms with Crippen molar-refractivity contribution >= 4 is 51.4 Å². The Morgan fingerprint density at radius 2 is 1.42 bits per heavy atom. The van der Waals surface area contributed by atoms with E-state index in [0.717, 1.165) is 6.42 Å². The number of ether oxygens (including phenoxy) is 3. The number of carboxylic acid groups (broad SMARTS) is 1. The lowest BCUT2D eigenvalue weighted by Gasteiger charge is -2.41. The molecule has 20 nitrogen and oxygen atoms in total. The second-order valence-corrected chi connectivity index (χ2v) is 24.2. The van der Waals surface area contributed by atoms with Crippen molar-refractivity contribution < 1.29 is 61.3 Å². The highest BCUT2D eigenvalue weighted by Gasteiger charge is 2.44. The molecule has 1 aromatic rings. The van der Waals surface area contributed by atoms with Crippen LogP contribution in [0.3, 0.4) is 0 Å². The van der Waals surface area contributed by atoms with E-state index in [9.17, 15) is 47.1 Å². The summed E-state index contributed by atoms with van der Waals surface area (Å²) in [6.45, 7) is 15.1. The number of nitrogens with one attached hydrogen (secondary N) is 3. The van der Waals surface area contributed by atoms with Crippen molar-refractivity contribution in [3.8, 4) is 5.75 Å². The first-order chi connectivity index (χ1) is 35.9. The van der Waals surface area contributed by atoms with Crippen LogP contribution in [0.2, 0.25) is 0 Å². The van der Waals surface area contributed by atoms with Crippen LogP contribution in [-0.2, 0) is 59.5 Å². The number of unbranched alkanes of at least 4 members (excludes halogenated alkanes) is 2. The topological polar surface area (TPSA) is 251 Å². The van der Waals surface area contributed by atoms with Crippen molar-refractivity contribution in [1.82, 2.24) is 35.0 Å². The second-order valence-electron chi connectivity index (χ2n) is 22.2. The Bertz CT molecular complexity index is 2190. The summed E-state index contributed by atoms with van der Waals surface area (Å²) in [5.74, 6) is -4.03. The Balaban J connectivity index is 1.41. The summed E-state index contributed by atoms with van der Waals surface area (Å²) in [4.78, 5) is 101. The minimum Gasteiger partial charge on any atom is -0.494 e. The number of methoxy groups -OCH3 is 2. The van der Waals surface area contributed by atoms with E-state index in [1.807, 2.05) is 60.5 Å². The average molecular weight is 1090 g/mol. The number of likely N-dealkylation sites (N-methyl/N-ethyl adjacent to an activating group) is 2. The van der Waals surface area contributed by atoms with Crippen molar-refractivity contribution in [3.63, 3.8) is 0 Å². The minimum absolute atomic E-state index is 0.000877. The first-order valence-corrected chi connectivity index (χ1v) is 29.1. The van der Waals surface area contributed by atoms with Crippen LogP contribution in [0.1, 0.15) is 131 Å².